The zero-order valence-corrected chi connectivity index (χ0v) is 19.1. The summed E-state index contributed by atoms with van der Waals surface area (Å²) in [5.41, 5.74) is 5.22. The predicted molar refractivity (Wildman–Crippen MR) is 119 cm³/mol. The monoisotopic (exact) mass is 428 g/mol. The number of sulfonamides is 1. The van der Waals surface area contributed by atoms with E-state index in [9.17, 15) is 13.2 Å². The van der Waals surface area contributed by atoms with Crippen LogP contribution in [0.2, 0.25) is 0 Å². The molecule has 0 aliphatic carbocycles. The molecule has 160 valence electrons. The van der Waals surface area contributed by atoms with Crippen LogP contribution in [0.4, 0.5) is 5.69 Å². The highest BCUT2D eigenvalue weighted by atomic mass is 32.2. The standard InChI is InChI=1S/C23H28N2O4S/c1-14(2)19-12-20-17(13-29-22(20)9-16(19)4)10-23(26)24-21-11-18(8-7-15(21)3)30(27,28)25(5)6/h7-9,11-14H,10H2,1-6H3,(H,24,26). The summed E-state index contributed by atoms with van der Waals surface area (Å²) in [6.07, 6.45) is 1.76. The Labute approximate surface area is 177 Å². The van der Waals surface area contributed by atoms with Gasteiger partial charge in [-0.05, 0) is 60.7 Å². The molecule has 0 saturated heterocycles. The van der Waals surface area contributed by atoms with E-state index < -0.39 is 10.0 Å². The molecule has 1 amide bonds. The molecule has 0 aliphatic heterocycles. The highest BCUT2D eigenvalue weighted by molar-refractivity contribution is 7.89. The van der Waals surface area contributed by atoms with Gasteiger partial charge in [0.2, 0.25) is 15.9 Å². The summed E-state index contributed by atoms with van der Waals surface area (Å²) in [6, 6.07) is 8.83. The van der Waals surface area contributed by atoms with E-state index in [-0.39, 0.29) is 17.2 Å². The van der Waals surface area contributed by atoms with Crippen LogP contribution in [0.5, 0.6) is 0 Å². The third-order valence-corrected chi connectivity index (χ3v) is 7.09. The molecule has 0 atom stereocenters. The number of carbonyl (C=O) groups is 1. The van der Waals surface area contributed by atoms with Gasteiger partial charge in [0.15, 0.2) is 0 Å². The van der Waals surface area contributed by atoms with Crippen molar-refractivity contribution in [2.24, 2.45) is 0 Å². The van der Waals surface area contributed by atoms with Crippen LogP contribution in [0.1, 0.15) is 42.0 Å². The summed E-state index contributed by atoms with van der Waals surface area (Å²) >= 11 is 0. The van der Waals surface area contributed by atoms with Crippen LogP contribution in [0.3, 0.4) is 0 Å². The van der Waals surface area contributed by atoms with Crippen LogP contribution in [0.25, 0.3) is 11.0 Å². The fourth-order valence-corrected chi connectivity index (χ4v) is 4.41. The molecule has 1 N–H and O–H groups in total. The first-order valence-electron chi connectivity index (χ1n) is 9.84. The van der Waals surface area contributed by atoms with Crippen molar-refractivity contribution in [1.29, 1.82) is 0 Å². The zero-order chi connectivity index (χ0) is 22.2. The lowest BCUT2D eigenvalue weighted by Crippen LogP contribution is -2.22. The average Bonchev–Trinajstić information content (AvgIpc) is 3.03. The Morgan fingerprint density at radius 2 is 1.80 bits per heavy atom. The number of nitrogens with one attached hydrogen (secondary N) is 1. The highest BCUT2D eigenvalue weighted by Gasteiger charge is 2.19. The molecule has 3 rings (SSSR count). The lowest BCUT2D eigenvalue weighted by Gasteiger charge is -2.14. The van der Waals surface area contributed by atoms with Gasteiger partial charge in [0.1, 0.15) is 5.58 Å². The molecule has 0 unspecified atom stereocenters. The number of fused-ring (bicyclic) bond motifs is 1. The SMILES string of the molecule is Cc1ccc(S(=O)(=O)N(C)C)cc1NC(=O)Cc1coc2cc(C)c(C(C)C)cc12. The van der Waals surface area contributed by atoms with E-state index in [0.29, 0.717) is 11.6 Å². The van der Waals surface area contributed by atoms with Crippen LogP contribution in [-0.4, -0.2) is 32.7 Å². The second-order valence-electron chi connectivity index (χ2n) is 8.11. The first kappa shape index (κ1) is 22.1. The number of nitrogens with zero attached hydrogens (tertiary/aromatic N) is 1. The second-order valence-corrected chi connectivity index (χ2v) is 10.3. The van der Waals surface area contributed by atoms with E-state index >= 15 is 0 Å². The molecule has 2 aromatic carbocycles. The van der Waals surface area contributed by atoms with E-state index in [4.69, 9.17) is 4.42 Å². The van der Waals surface area contributed by atoms with Crippen LogP contribution >= 0.6 is 0 Å². The summed E-state index contributed by atoms with van der Waals surface area (Å²) in [7, 11) is -0.627. The normalized spacial score (nSPS) is 12.1. The minimum atomic E-state index is -3.58. The maximum atomic E-state index is 12.7. The molecule has 1 heterocycles. The smallest absolute Gasteiger partial charge is 0.242 e. The minimum absolute atomic E-state index is 0.137. The van der Waals surface area contributed by atoms with Gasteiger partial charge in [-0.15, -0.1) is 0 Å². The van der Waals surface area contributed by atoms with Crippen LogP contribution in [0, 0.1) is 13.8 Å². The van der Waals surface area contributed by atoms with E-state index in [0.717, 1.165) is 32.0 Å². The number of furan rings is 1. The number of benzene rings is 2. The van der Waals surface area contributed by atoms with Gasteiger partial charge in [-0.3, -0.25) is 4.79 Å². The van der Waals surface area contributed by atoms with Gasteiger partial charge in [-0.25, -0.2) is 12.7 Å². The van der Waals surface area contributed by atoms with Crippen molar-refractivity contribution in [3.05, 3.63) is 58.8 Å². The van der Waals surface area contributed by atoms with Crippen LogP contribution in [-0.2, 0) is 21.2 Å². The Kier molecular flexibility index (Phi) is 6.06. The fourth-order valence-electron chi connectivity index (χ4n) is 3.48. The number of amides is 1. The number of rotatable bonds is 6. The fraction of sp³-hybridized carbons (Fsp3) is 0.348. The van der Waals surface area contributed by atoms with Crippen molar-refractivity contribution in [2.75, 3.05) is 19.4 Å². The molecule has 0 aliphatic rings. The number of hydrogen-bond acceptors (Lipinski definition) is 4. The summed E-state index contributed by atoms with van der Waals surface area (Å²) in [5.74, 6) is 0.141. The number of hydrogen-bond donors (Lipinski definition) is 1. The first-order chi connectivity index (χ1) is 14.0. The quantitative estimate of drug-likeness (QED) is 0.622. The van der Waals surface area contributed by atoms with E-state index in [2.05, 4.69) is 32.2 Å². The van der Waals surface area contributed by atoms with Gasteiger partial charge in [0.05, 0.1) is 17.6 Å². The van der Waals surface area contributed by atoms with Crippen molar-refractivity contribution in [2.45, 2.75) is 44.9 Å². The summed E-state index contributed by atoms with van der Waals surface area (Å²) in [5, 5.41) is 3.78. The Morgan fingerprint density at radius 3 is 2.43 bits per heavy atom. The van der Waals surface area contributed by atoms with E-state index in [1.807, 2.05) is 13.0 Å². The molecule has 6 nitrogen and oxygen atoms in total. The van der Waals surface area contributed by atoms with Gasteiger partial charge >= 0.3 is 0 Å². The molecular weight excluding hydrogens is 400 g/mol. The summed E-state index contributed by atoms with van der Waals surface area (Å²) in [6.45, 7) is 8.16. The Hall–Kier alpha value is -2.64. The first-order valence-corrected chi connectivity index (χ1v) is 11.3. The Balaban J connectivity index is 1.87. The lowest BCUT2D eigenvalue weighted by molar-refractivity contribution is -0.115. The Morgan fingerprint density at radius 1 is 1.10 bits per heavy atom. The molecular formula is C23H28N2O4S. The number of aryl methyl sites for hydroxylation is 2. The minimum Gasteiger partial charge on any atom is -0.464 e. The number of anilines is 1. The van der Waals surface area contributed by atoms with Gasteiger partial charge in [-0.1, -0.05) is 19.9 Å². The van der Waals surface area contributed by atoms with Crippen LogP contribution in [0.15, 0.2) is 45.9 Å². The van der Waals surface area contributed by atoms with Crippen molar-refractivity contribution in [1.82, 2.24) is 4.31 Å². The summed E-state index contributed by atoms with van der Waals surface area (Å²) < 4.78 is 31.6. The molecule has 0 radical (unpaired) electrons. The Bertz CT molecular complexity index is 1210. The largest absolute Gasteiger partial charge is 0.464 e. The average molecular weight is 429 g/mol. The lowest BCUT2D eigenvalue weighted by atomic mass is 9.95. The van der Waals surface area contributed by atoms with E-state index in [1.165, 1.54) is 25.7 Å². The van der Waals surface area contributed by atoms with Crippen molar-refractivity contribution in [3.63, 3.8) is 0 Å². The third kappa shape index (κ3) is 4.27. The molecule has 1 aromatic heterocycles. The summed E-state index contributed by atoms with van der Waals surface area (Å²) in [4.78, 5) is 12.9. The molecule has 0 spiro atoms. The van der Waals surface area contributed by atoms with Crippen molar-refractivity contribution < 1.29 is 17.6 Å². The van der Waals surface area contributed by atoms with Gasteiger partial charge in [0.25, 0.3) is 0 Å². The second kappa shape index (κ2) is 8.24. The highest BCUT2D eigenvalue weighted by Crippen LogP contribution is 2.29. The maximum Gasteiger partial charge on any atom is 0.242 e. The van der Waals surface area contributed by atoms with Crippen molar-refractivity contribution in [3.8, 4) is 0 Å². The topological polar surface area (TPSA) is 79.6 Å². The molecule has 0 fully saturated rings. The third-order valence-electron chi connectivity index (χ3n) is 5.28. The van der Waals surface area contributed by atoms with Gasteiger partial charge in [0, 0.05) is 30.7 Å². The van der Waals surface area contributed by atoms with E-state index in [1.54, 1.807) is 18.4 Å². The van der Waals surface area contributed by atoms with Crippen molar-refractivity contribution >= 4 is 32.6 Å². The van der Waals surface area contributed by atoms with Gasteiger partial charge < -0.3 is 9.73 Å². The maximum absolute atomic E-state index is 12.7. The predicted octanol–water partition coefficient (Wildman–Crippen LogP) is 4.60. The molecule has 30 heavy (non-hydrogen) atoms. The molecule has 0 bridgehead atoms. The molecule has 3 aromatic rings. The zero-order valence-electron chi connectivity index (χ0n) is 18.2. The molecule has 7 heteroatoms. The molecule has 0 saturated carbocycles. The van der Waals surface area contributed by atoms with Crippen LogP contribution < -0.4 is 5.32 Å². The number of carbonyl (C=O) groups excluding carboxylic acids is 1. The van der Waals surface area contributed by atoms with Gasteiger partial charge in [-0.2, -0.15) is 0 Å².